The number of nitrogens with zero attached hydrogens (tertiary/aromatic N) is 7. The maximum absolute atomic E-state index is 13.0. The molecule has 64 heavy (non-hydrogen) atoms. The summed E-state index contributed by atoms with van der Waals surface area (Å²) in [5.74, 6) is 0.801. The van der Waals surface area contributed by atoms with E-state index >= 15 is 0 Å². The van der Waals surface area contributed by atoms with Crippen LogP contribution >= 0.6 is 19.5 Å². The third kappa shape index (κ3) is 11.6. The minimum absolute atomic E-state index is 0.0932. The number of nitrogens with one attached hydrogen (secondary N) is 3. The number of piperazine rings is 1. The van der Waals surface area contributed by atoms with Crippen molar-refractivity contribution in [1.29, 1.82) is 0 Å². The van der Waals surface area contributed by atoms with Crippen LogP contribution in [0, 0.1) is 0 Å². The van der Waals surface area contributed by atoms with Crippen molar-refractivity contribution < 1.29 is 29.1 Å². The molecule has 2 saturated heterocycles. The van der Waals surface area contributed by atoms with Crippen molar-refractivity contribution in [3.8, 4) is 5.75 Å². The van der Waals surface area contributed by atoms with Crippen LogP contribution in [0.4, 0.5) is 34.5 Å². The second kappa shape index (κ2) is 23.0. The fraction of sp³-hybridized carbons (Fsp3) is 0.435. The van der Waals surface area contributed by atoms with Gasteiger partial charge in [-0.2, -0.15) is 4.98 Å². The molecule has 3 aromatic carbocycles. The zero-order chi connectivity index (χ0) is 45.8. The van der Waals surface area contributed by atoms with Crippen molar-refractivity contribution in [3.05, 3.63) is 83.0 Å². The van der Waals surface area contributed by atoms with Crippen molar-refractivity contribution >= 4 is 84.0 Å². The lowest BCUT2D eigenvalue weighted by Gasteiger charge is -2.43. The Bertz CT molecular complexity index is 2230. The van der Waals surface area contributed by atoms with Crippen molar-refractivity contribution in [3.63, 3.8) is 0 Å². The van der Waals surface area contributed by atoms with Crippen LogP contribution in [0.15, 0.2) is 66.9 Å². The lowest BCUT2D eigenvalue weighted by Crippen LogP contribution is -2.53. The van der Waals surface area contributed by atoms with E-state index in [9.17, 15) is 14.8 Å². The van der Waals surface area contributed by atoms with Gasteiger partial charge in [-0.1, -0.05) is 51.1 Å². The van der Waals surface area contributed by atoms with Crippen LogP contribution in [0.2, 0.25) is 5.02 Å². The smallest absolute Gasteiger partial charge is 0.261 e. The highest BCUT2D eigenvalue weighted by Crippen LogP contribution is 2.37. The molecule has 0 radical (unpaired) electrons. The lowest BCUT2D eigenvalue weighted by molar-refractivity contribution is -0.117. The van der Waals surface area contributed by atoms with Gasteiger partial charge in [-0.15, -0.1) is 0 Å². The first kappa shape index (κ1) is 48.1. The Hall–Kier alpha value is -5.38. The zero-order valence-electron chi connectivity index (χ0n) is 37.3. The number of rotatable bonds is 18. The highest BCUT2D eigenvalue weighted by molar-refractivity contribution is 7.64. The molecule has 4 amide bonds. The van der Waals surface area contributed by atoms with E-state index in [4.69, 9.17) is 25.9 Å². The topological polar surface area (TPSA) is 176 Å². The molecule has 1 unspecified atom stereocenters. The summed E-state index contributed by atoms with van der Waals surface area (Å²) in [5.41, 5.74) is 4.37. The van der Waals surface area contributed by atoms with Gasteiger partial charge in [0.05, 0.1) is 35.8 Å². The second-order valence-electron chi connectivity index (χ2n) is 16.2. The van der Waals surface area contributed by atoms with Gasteiger partial charge in [0.1, 0.15) is 10.8 Å². The van der Waals surface area contributed by atoms with Gasteiger partial charge in [0, 0.05) is 80.6 Å². The van der Waals surface area contributed by atoms with Gasteiger partial charge >= 0.3 is 0 Å². The summed E-state index contributed by atoms with van der Waals surface area (Å²) in [5, 5.41) is 22.0. The van der Waals surface area contributed by atoms with Crippen molar-refractivity contribution in [2.45, 2.75) is 58.0 Å². The van der Waals surface area contributed by atoms with Gasteiger partial charge in [-0.3, -0.25) is 34.2 Å². The van der Waals surface area contributed by atoms with Crippen molar-refractivity contribution in [2.75, 3.05) is 93.4 Å². The first-order valence-electron chi connectivity index (χ1n) is 21.8. The number of carbonyl (C=O) groups is 4. The number of para-hydroxylation sites is 1. The van der Waals surface area contributed by atoms with E-state index < -0.39 is 7.92 Å². The molecule has 0 saturated carbocycles. The summed E-state index contributed by atoms with van der Waals surface area (Å²) in [4.78, 5) is 62.1. The van der Waals surface area contributed by atoms with Gasteiger partial charge in [0.25, 0.3) is 11.8 Å². The van der Waals surface area contributed by atoms with Crippen LogP contribution in [0.25, 0.3) is 0 Å². The summed E-state index contributed by atoms with van der Waals surface area (Å²) in [6, 6.07) is 19.9. The van der Waals surface area contributed by atoms with Gasteiger partial charge in [0.15, 0.2) is 5.82 Å². The monoisotopic (exact) mass is 914 g/mol. The van der Waals surface area contributed by atoms with E-state index in [0.29, 0.717) is 47.1 Å². The first-order valence-corrected chi connectivity index (χ1v) is 24.4. The summed E-state index contributed by atoms with van der Waals surface area (Å²) < 4.78 is 5.82. The van der Waals surface area contributed by atoms with Crippen LogP contribution in [0.1, 0.15) is 66.7 Å². The van der Waals surface area contributed by atoms with E-state index in [2.05, 4.69) is 67.7 Å². The third-order valence-electron chi connectivity index (χ3n) is 11.9. The third-order valence-corrected chi connectivity index (χ3v) is 13.5. The fourth-order valence-electron chi connectivity index (χ4n) is 8.52. The van der Waals surface area contributed by atoms with Crippen LogP contribution in [-0.2, 0) is 9.59 Å². The highest BCUT2D eigenvalue weighted by Gasteiger charge is 2.38. The number of ether oxygens (including phenoxy) is 1. The largest absolute Gasteiger partial charge is 0.494 e. The number of fused-ring (bicyclic) bond motifs is 1. The van der Waals surface area contributed by atoms with Gasteiger partial charge in [-0.05, 0) is 88.9 Å². The molecule has 4 heterocycles. The standard InChI is InChI=1S/C44H57ClN9O4P.C2H3NO2/c1-6-10-30(2)53-42(55)34-15-13-31(27-35(34)43(53)56)46-19-9-20-50-23-25-52(26-24-50)32-17-21-51(22-18-32)33-14-16-37(39(28-33)58-3)48-44-47-29-36(45)41(49-44)54(57)38-11-7-8-12-40(38)59(4)5;4-1-3-2-5/h7-8,11-16,27-30,32,46,57H,6,9-10,17-26H2,1-5H3,(H,47,48,49);1-2H,(H,3,4,5). The van der Waals surface area contributed by atoms with E-state index in [1.807, 2.05) is 49.4 Å². The lowest BCUT2D eigenvalue weighted by atomic mass is 10.0. The summed E-state index contributed by atoms with van der Waals surface area (Å²) in [6.07, 6.45) is 7.06. The predicted molar refractivity (Wildman–Crippen MR) is 255 cm³/mol. The van der Waals surface area contributed by atoms with E-state index in [-0.39, 0.29) is 34.6 Å². The Morgan fingerprint density at radius 3 is 2.36 bits per heavy atom. The fourth-order valence-corrected chi connectivity index (χ4v) is 9.71. The molecule has 18 heteroatoms. The van der Waals surface area contributed by atoms with Crippen LogP contribution in [0.3, 0.4) is 0 Å². The Kier molecular flexibility index (Phi) is 17.3. The molecule has 0 bridgehead atoms. The first-order chi connectivity index (χ1) is 31.0. The van der Waals surface area contributed by atoms with Crippen molar-refractivity contribution in [1.82, 2.24) is 30.0 Å². The maximum atomic E-state index is 13.0. The van der Waals surface area contributed by atoms with E-state index in [0.717, 1.165) is 106 Å². The number of carbonyl (C=O) groups excluding carboxylic acids is 4. The number of anilines is 6. The molecular weight excluding hydrogens is 855 g/mol. The molecule has 3 aliphatic heterocycles. The SMILES string of the molecule is CCCC(C)N1C(=O)c2ccc(NCCCN3CCN(C4CCN(c5ccc(Nc6ncc(Cl)c(N(O)c7ccccc7P(C)C)n6)c(OC)c5)CC4)CC3)cc2C1=O.O=CNC=O. The van der Waals surface area contributed by atoms with Crippen LogP contribution in [-0.4, -0.2) is 139 Å². The molecule has 4 N–H and O–H groups in total. The molecule has 1 atom stereocenters. The normalized spacial score (nSPS) is 16.2. The zero-order valence-corrected chi connectivity index (χ0v) is 38.9. The molecule has 342 valence electrons. The Balaban J connectivity index is 0.00000129. The maximum Gasteiger partial charge on any atom is 0.261 e. The quantitative estimate of drug-likeness (QED) is 0.0279. The average Bonchev–Trinajstić information content (AvgIpc) is 3.56. The van der Waals surface area contributed by atoms with Crippen molar-refractivity contribution in [2.24, 2.45) is 0 Å². The Morgan fingerprint density at radius 1 is 0.969 bits per heavy atom. The number of aromatic nitrogens is 2. The highest BCUT2D eigenvalue weighted by atomic mass is 35.5. The second-order valence-corrected chi connectivity index (χ2v) is 18.9. The molecular formula is C46H60ClN10O6P. The van der Waals surface area contributed by atoms with Gasteiger partial charge in [-0.25, -0.2) is 10.0 Å². The molecule has 4 aromatic rings. The summed E-state index contributed by atoms with van der Waals surface area (Å²) in [6.45, 7) is 16.3. The number of benzene rings is 3. The number of hydrogen-bond acceptors (Lipinski definition) is 14. The summed E-state index contributed by atoms with van der Waals surface area (Å²) >= 11 is 6.48. The number of halogens is 1. The Morgan fingerprint density at radius 2 is 1.69 bits per heavy atom. The average molecular weight is 915 g/mol. The predicted octanol–water partition coefficient (Wildman–Crippen LogP) is 6.54. The van der Waals surface area contributed by atoms with Crippen LogP contribution in [0.5, 0.6) is 5.75 Å². The molecule has 3 aliphatic rings. The van der Waals surface area contributed by atoms with Gasteiger partial charge < -0.3 is 30.5 Å². The number of hydrogen-bond donors (Lipinski definition) is 4. The molecule has 7 rings (SSSR count). The molecule has 1 aromatic heterocycles. The number of piperidine rings is 1. The molecule has 0 spiro atoms. The minimum Gasteiger partial charge on any atom is -0.494 e. The molecule has 2 fully saturated rings. The molecule has 16 nitrogen and oxygen atoms in total. The molecule has 0 aliphatic carbocycles. The van der Waals surface area contributed by atoms with E-state index in [1.165, 1.54) is 11.1 Å². The number of imide groups is 2. The van der Waals surface area contributed by atoms with E-state index in [1.54, 1.807) is 18.5 Å². The summed E-state index contributed by atoms with van der Waals surface area (Å²) in [7, 11) is 1.18. The Labute approximate surface area is 382 Å². The minimum atomic E-state index is -0.477. The van der Waals surface area contributed by atoms with Gasteiger partial charge in [0.2, 0.25) is 18.8 Å². The van der Waals surface area contributed by atoms with Crippen LogP contribution < -0.4 is 36.0 Å². The number of amides is 4. The number of methoxy groups -OCH3 is 1.